The predicted octanol–water partition coefficient (Wildman–Crippen LogP) is 3.16. The summed E-state index contributed by atoms with van der Waals surface area (Å²) in [7, 11) is 0. The van der Waals surface area contributed by atoms with Crippen LogP contribution in [-0.2, 0) is 9.59 Å². The normalized spacial score (nSPS) is 30.6. The molecule has 3 unspecified atom stereocenters. The lowest BCUT2D eigenvalue weighted by atomic mass is 9.67. The van der Waals surface area contributed by atoms with E-state index in [1.165, 1.54) is 38.5 Å². The van der Waals surface area contributed by atoms with E-state index >= 15 is 0 Å². The third kappa shape index (κ3) is 5.52. The molecule has 0 spiro atoms. The van der Waals surface area contributed by atoms with Gasteiger partial charge in [0.25, 0.3) is 5.97 Å². The molecule has 0 saturated heterocycles. The summed E-state index contributed by atoms with van der Waals surface area (Å²) in [5, 5.41) is 16.2. The van der Waals surface area contributed by atoms with E-state index in [0.717, 1.165) is 25.2 Å². The molecule has 2 aliphatic rings. The van der Waals surface area contributed by atoms with Crippen molar-refractivity contribution < 1.29 is 19.8 Å². The topological polar surface area (TPSA) is 74.6 Å². The SMILES string of the molecule is CC(=O)O.O=C(O)CC1CCC2CCCCC2C1. The molecule has 0 aromatic rings. The fourth-order valence-electron chi connectivity index (χ4n) is 3.40. The highest BCUT2D eigenvalue weighted by Gasteiger charge is 2.32. The van der Waals surface area contributed by atoms with Crippen LogP contribution in [0.5, 0.6) is 0 Å². The molecule has 18 heavy (non-hydrogen) atoms. The van der Waals surface area contributed by atoms with Crippen molar-refractivity contribution >= 4 is 11.9 Å². The van der Waals surface area contributed by atoms with Gasteiger partial charge in [-0.15, -0.1) is 0 Å². The van der Waals surface area contributed by atoms with Crippen LogP contribution in [0.2, 0.25) is 0 Å². The quantitative estimate of drug-likeness (QED) is 0.795. The highest BCUT2D eigenvalue weighted by molar-refractivity contribution is 5.67. The standard InChI is InChI=1S/C12H20O2.C2H4O2/c13-12(14)8-9-5-6-10-3-1-2-4-11(10)7-9;1-2(3)4/h9-11H,1-8H2,(H,13,14);1H3,(H,3,4). The van der Waals surface area contributed by atoms with Crippen LogP contribution in [0.25, 0.3) is 0 Å². The molecule has 104 valence electrons. The van der Waals surface area contributed by atoms with E-state index in [-0.39, 0.29) is 0 Å². The summed E-state index contributed by atoms with van der Waals surface area (Å²) >= 11 is 0. The molecule has 0 amide bonds. The van der Waals surface area contributed by atoms with E-state index < -0.39 is 11.9 Å². The first-order valence-corrected chi connectivity index (χ1v) is 6.90. The zero-order valence-electron chi connectivity index (χ0n) is 11.1. The highest BCUT2D eigenvalue weighted by Crippen LogP contribution is 2.43. The molecule has 2 rings (SSSR count). The van der Waals surface area contributed by atoms with Crippen LogP contribution in [-0.4, -0.2) is 22.2 Å². The average molecular weight is 256 g/mol. The first-order valence-electron chi connectivity index (χ1n) is 6.90. The van der Waals surface area contributed by atoms with Crippen LogP contribution in [0.1, 0.15) is 58.3 Å². The monoisotopic (exact) mass is 256 g/mol. The summed E-state index contributed by atoms with van der Waals surface area (Å²) in [5.41, 5.74) is 0. The summed E-state index contributed by atoms with van der Waals surface area (Å²) in [6.07, 6.45) is 9.60. The van der Waals surface area contributed by atoms with Crippen LogP contribution >= 0.6 is 0 Å². The second-order valence-corrected chi connectivity index (χ2v) is 5.60. The van der Waals surface area contributed by atoms with Gasteiger partial charge in [0.05, 0.1) is 0 Å². The molecule has 0 heterocycles. The van der Waals surface area contributed by atoms with Crippen LogP contribution < -0.4 is 0 Å². The molecular formula is C14H24O4. The Hall–Kier alpha value is -1.06. The van der Waals surface area contributed by atoms with Crippen LogP contribution in [0, 0.1) is 17.8 Å². The minimum absolute atomic E-state index is 0.406. The third-order valence-electron chi connectivity index (χ3n) is 4.11. The summed E-state index contributed by atoms with van der Waals surface area (Å²) in [5.74, 6) is 0.840. The van der Waals surface area contributed by atoms with E-state index in [4.69, 9.17) is 15.0 Å². The molecular weight excluding hydrogens is 232 g/mol. The Morgan fingerprint density at radius 3 is 2.11 bits per heavy atom. The third-order valence-corrected chi connectivity index (χ3v) is 4.11. The number of aliphatic carboxylic acids is 2. The zero-order valence-corrected chi connectivity index (χ0v) is 11.1. The minimum Gasteiger partial charge on any atom is -0.481 e. The van der Waals surface area contributed by atoms with E-state index in [9.17, 15) is 4.79 Å². The lowest BCUT2D eigenvalue weighted by Gasteiger charge is -2.38. The number of carbonyl (C=O) groups is 2. The number of carboxylic acid groups (broad SMARTS) is 2. The Morgan fingerprint density at radius 2 is 1.56 bits per heavy atom. The fraction of sp³-hybridized carbons (Fsp3) is 0.857. The number of fused-ring (bicyclic) bond motifs is 1. The average Bonchev–Trinajstić information content (AvgIpc) is 2.27. The lowest BCUT2D eigenvalue weighted by Crippen LogP contribution is -2.28. The molecule has 0 aromatic heterocycles. The molecule has 2 N–H and O–H groups in total. The molecule has 2 fully saturated rings. The molecule has 0 aliphatic heterocycles. The highest BCUT2D eigenvalue weighted by atomic mass is 16.4. The van der Waals surface area contributed by atoms with Crippen LogP contribution in [0.15, 0.2) is 0 Å². The van der Waals surface area contributed by atoms with Gasteiger partial charge in [-0.1, -0.05) is 25.7 Å². The van der Waals surface area contributed by atoms with Crippen molar-refractivity contribution in [1.29, 1.82) is 0 Å². The molecule has 2 saturated carbocycles. The van der Waals surface area contributed by atoms with Crippen molar-refractivity contribution in [2.24, 2.45) is 17.8 Å². The van der Waals surface area contributed by atoms with Crippen molar-refractivity contribution in [2.45, 2.75) is 58.3 Å². The Kier molecular flexibility index (Phi) is 6.16. The number of rotatable bonds is 2. The van der Waals surface area contributed by atoms with E-state index in [0.29, 0.717) is 12.3 Å². The first kappa shape index (κ1) is 15.0. The smallest absolute Gasteiger partial charge is 0.303 e. The van der Waals surface area contributed by atoms with Gasteiger partial charge in [-0.05, 0) is 37.0 Å². The van der Waals surface area contributed by atoms with E-state index in [1.807, 2.05) is 0 Å². The van der Waals surface area contributed by atoms with Gasteiger partial charge in [0.2, 0.25) is 0 Å². The van der Waals surface area contributed by atoms with Crippen LogP contribution in [0.4, 0.5) is 0 Å². The van der Waals surface area contributed by atoms with Crippen molar-refractivity contribution in [3.63, 3.8) is 0 Å². The van der Waals surface area contributed by atoms with Gasteiger partial charge in [-0.3, -0.25) is 9.59 Å². The molecule has 4 heteroatoms. The molecule has 0 bridgehead atoms. The van der Waals surface area contributed by atoms with E-state index in [2.05, 4.69) is 0 Å². The Balaban J connectivity index is 0.000000357. The van der Waals surface area contributed by atoms with Crippen molar-refractivity contribution in [1.82, 2.24) is 0 Å². The number of carboxylic acids is 2. The van der Waals surface area contributed by atoms with Crippen molar-refractivity contribution in [2.75, 3.05) is 0 Å². The number of hydrogen-bond donors (Lipinski definition) is 2. The zero-order chi connectivity index (χ0) is 13.5. The Labute approximate surface area is 108 Å². The van der Waals surface area contributed by atoms with Crippen LogP contribution in [0.3, 0.4) is 0 Å². The molecule has 0 radical (unpaired) electrons. The summed E-state index contributed by atoms with van der Waals surface area (Å²) in [4.78, 5) is 19.6. The maximum atomic E-state index is 10.6. The van der Waals surface area contributed by atoms with Crippen molar-refractivity contribution in [3.05, 3.63) is 0 Å². The van der Waals surface area contributed by atoms with Gasteiger partial charge in [0.15, 0.2) is 0 Å². The minimum atomic E-state index is -0.833. The molecule has 0 aromatic carbocycles. The Bertz CT molecular complexity index is 284. The van der Waals surface area contributed by atoms with Gasteiger partial charge >= 0.3 is 5.97 Å². The summed E-state index contributed by atoms with van der Waals surface area (Å²) in [6.45, 7) is 1.08. The molecule has 2 aliphatic carbocycles. The molecule has 4 nitrogen and oxygen atoms in total. The maximum Gasteiger partial charge on any atom is 0.303 e. The second kappa shape index (κ2) is 7.39. The first-order chi connectivity index (χ1) is 8.49. The van der Waals surface area contributed by atoms with Gasteiger partial charge < -0.3 is 10.2 Å². The second-order valence-electron chi connectivity index (χ2n) is 5.60. The molecule has 3 atom stereocenters. The van der Waals surface area contributed by atoms with Gasteiger partial charge in [0.1, 0.15) is 0 Å². The summed E-state index contributed by atoms with van der Waals surface area (Å²) in [6, 6.07) is 0. The predicted molar refractivity (Wildman–Crippen MR) is 68.4 cm³/mol. The van der Waals surface area contributed by atoms with Gasteiger partial charge in [-0.2, -0.15) is 0 Å². The summed E-state index contributed by atoms with van der Waals surface area (Å²) < 4.78 is 0. The van der Waals surface area contributed by atoms with E-state index in [1.54, 1.807) is 0 Å². The number of hydrogen-bond acceptors (Lipinski definition) is 2. The van der Waals surface area contributed by atoms with Gasteiger partial charge in [0, 0.05) is 13.3 Å². The Morgan fingerprint density at radius 1 is 1.00 bits per heavy atom. The fourth-order valence-corrected chi connectivity index (χ4v) is 3.40. The lowest BCUT2D eigenvalue weighted by molar-refractivity contribution is -0.138. The van der Waals surface area contributed by atoms with Crippen molar-refractivity contribution in [3.8, 4) is 0 Å². The largest absolute Gasteiger partial charge is 0.481 e. The maximum absolute atomic E-state index is 10.6. The van der Waals surface area contributed by atoms with Gasteiger partial charge in [-0.25, -0.2) is 0 Å².